The molecule has 0 saturated heterocycles. The number of amides is 1. The number of ether oxygens (including phenoxy) is 1. The molecule has 7 nitrogen and oxygen atoms in total. The van der Waals surface area contributed by atoms with Crippen molar-refractivity contribution in [2.75, 3.05) is 11.5 Å². The Balaban J connectivity index is 2.06. The normalized spacial score (nSPS) is 16.4. The van der Waals surface area contributed by atoms with E-state index < -0.39 is 29.1 Å². The lowest BCUT2D eigenvalue weighted by atomic mass is 9.82. The van der Waals surface area contributed by atoms with Gasteiger partial charge in [-0.1, -0.05) is 39.8 Å². The molecule has 1 heterocycles. The molecule has 3 rings (SSSR count). The van der Waals surface area contributed by atoms with Gasteiger partial charge in [-0.2, -0.15) is 0 Å². The summed E-state index contributed by atoms with van der Waals surface area (Å²) in [6.07, 6.45) is 0.704. The monoisotopic (exact) mass is 437 g/mol. The Hall–Kier alpha value is -3.61. The lowest BCUT2D eigenvalue weighted by molar-refractivity contribution is -0.123. The van der Waals surface area contributed by atoms with Crippen LogP contribution in [0.5, 0.6) is 5.75 Å². The van der Waals surface area contributed by atoms with Crippen LogP contribution in [-0.4, -0.2) is 34.5 Å². The van der Waals surface area contributed by atoms with Gasteiger partial charge in [-0.15, -0.1) is 0 Å². The molecule has 0 bridgehead atoms. The fourth-order valence-electron chi connectivity index (χ4n) is 3.52. The Kier molecular flexibility index (Phi) is 6.39. The SMILES string of the molecule is CCCOC(=O)c1ccc(N2C(=O)C(O)=C(C(=O)C(C)(C)C)C2c2ccc(O)cc2)cc1. The van der Waals surface area contributed by atoms with Crippen molar-refractivity contribution in [2.45, 2.75) is 40.2 Å². The van der Waals surface area contributed by atoms with Crippen LogP contribution in [0.1, 0.15) is 56.1 Å². The topological polar surface area (TPSA) is 104 Å². The van der Waals surface area contributed by atoms with Crippen molar-refractivity contribution in [3.63, 3.8) is 0 Å². The Bertz CT molecular complexity index is 1060. The van der Waals surface area contributed by atoms with Crippen molar-refractivity contribution in [2.24, 2.45) is 5.41 Å². The Labute approximate surface area is 186 Å². The fourth-order valence-corrected chi connectivity index (χ4v) is 3.52. The zero-order valence-electron chi connectivity index (χ0n) is 18.6. The number of ketones is 1. The number of hydrogen-bond donors (Lipinski definition) is 2. The van der Waals surface area contributed by atoms with E-state index in [1.807, 2.05) is 6.92 Å². The van der Waals surface area contributed by atoms with Gasteiger partial charge in [-0.05, 0) is 48.4 Å². The standard InChI is InChI=1S/C25H27NO6/c1-5-14-32-24(31)16-6-10-17(11-7-16)26-20(15-8-12-18(27)13-9-15)19(21(28)23(26)30)22(29)25(2,3)4/h6-13,20,27-28H,5,14H2,1-4H3. The number of carbonyl (C=O) groups excluding carboxylic acids is 3. The molecule has 1 amide bonds. The summed E-state index contributed by atoms with van der Waals surface area (Å²) in [7, 11) is 0. The number of phenolic OH excluding ortho intramolecular Hbond substituents is 1. The predicted molar refractivity (Wildman–Crippen MR) is 119 cm³/mol. The number of hydrogen-bond acceptors (Lipinski definition) is 6. The van der Waals surface area contributed by atoms with Crippen molar-refractivity contribution >= 4 is 23.3 Å². The van der Waals surface area contributed by atoms with E-state index in [4.69, 9.17) is 4.74 Å². The third kappa shape index (κ3) is 4.37. The summed E-state index contributed by atoms with van der Waals surface area (Å²) < 4.78 is 5.13. The third-order valence-electron chi connectivity index (χ3n) is 5.16. The molecule has 1 atom stereocenters. The first-order valence-corrected chi connectivity index (χ1v) is 10.4. The van der Waals surface area contributed by atoms with Gasteiger partial charge in [-0.3, -0.25) is 14.5 Å². The number of phenols is 1. The largest absolute Gasteiger partial charge is 0.508 e. The number of Topliss-reactive ketones (excluding diaryl/α,β-unsaturated/α-hetero) is 1. The van der Waals surface area contributed by atoms with Gasteiger partial charge in [0.15, 0.2) is 11.5 Å². The molecule has 168 valence electrons. The number of aromatic hydroxyl groups is 1. The van der Waals surface area contributed by atoms with Crippen molar-refractivity contribution < 1.29 is 29.3 Å². The molecule has 1 aliphatic rings. The van der Waals surface area contributed by atoms with E-state index in [1.165, 1.54) is 29.2 Å². The first kappa shape index (κ1) is 23.1. The summed E-state index contributed by atoms with van der Waals surface area (Å²) in [6, 6.07) is 11.5. The van der Waals surface area contributed by atoms with Crippen molar-refractivity contribution in [3.8, 4) is 5.75 Å². The van der Waals surface area contributed by atoms with E-state index in [2.05, 4.69) is 0 Å². The zero-order chi connectivity index (χ0) is 23.6. The van der Waals surface area contributed by atoms with Crippen LogP contribution < -0.4 is 4.90 Å². The van der Waals surface area contributed by atoms with E-state index in [0.717, 1.165) is 0 Å². The average Bonchev–Trinajstić information content (AvgIpc) is 3.02. The van der Waals surface area contributed by atoms with Crippen LogP contribution >= 0.6 is 0 Å². The molecule has 1 aliphatic heterocycles. The molecule has 0 spiro atoms. The highest BCUT2D eigenvalue weighted by Crippen LogP contribution is 2.43. The first-order chi connectivity index (χ1) is 15.1. The van der Waals surface area contributed by atoms with Gasteiger partial charge in [0.05, 0.1) is 23.8 Å². The molecule has 2 N–H and O–H groups in total. The van der Waals surface area contributed by atoms with Gasteiger partial charge >= 0.3 is 5.97 Å². The predicted octanol–water partition coefficient (Wildman–Crippen LogP) is 4.47. The molecule has 0 fully saturated rings. The zero-order valence-corrected chi connectivity index (χ0v) is 18.6. The second-order valence-corrected chi connectivity index (χ2v) is 8.69. The third-order valence-corrected chi connectivity index (χ3v) is 5.16. The Morgan fingerprint density at radius 1 is 1.00 bits per heavy atom. The Morgan fingerprint density at radius 3 is 2.12 bits per heavy atom. The number of aliphatic hydroxyl groups is 1. The van der Waals surface area contributed by atoms with Crippen molar-refractivity contribution in [1.29, 1.82) is 0 Å². The number of aliphatic hydroxyl groups excluding tert-OH is 1. The number of carbonyl (C=O) groups is 3. The molecule has 2 aromatic carbocycles. The fraction of sp³-hybridized carbons (Fsp3) is 0.320. The van der Waals surface area contributed by atoms with Gasteiger partial charge in [0.1, 0.15) is 5.75 Å². The molecule has 2 aromatic rings. The van der Waals surface area contributed by atoms with Crippen LogP contribution in [0.3, 0.4) is 0 Å². The van der Waals surface area contributed by atoms with Crippen LogP contribution in [-0.2, 0) is 14.3 Å². The number of nitrogens with zero attached hydrogens (tertiary/aromatic N) is 1. The first-order valence-electron chi connectivity index (χ1n) is 10.4. The second kappa shape index (κ2) is 8.86. The number of anilines is 1. The molecule has 0 saturated carbocycles. The summed E-state index contributed by atoms with van der Waals surface area (Å²) >= 11 is 0. The molecule has 32 heavy (non-hydrogen) atoms. The van der Waals surface area contributed by atoms with Gasteiger partial charge in [-0.25, -0.2) is 4.79 Å². The van der Waals surface area contributed by atoms with Crippen LogP contribution in [0.2, 0.25) is 0 Å². The minimum Gasteiger partial charge on any atom is -0.508 e. The maximum Gasteiger partial charge on any atom is 0.338 e. The molecular weight excluding hydrogens is 410 g/mol. The van der Waals surface area contributed by atoms with Crippen molar-refractivity contribution in [1.82, 2.24) is 0 Å². The summed E-state index contributed by atoms with van der Waals surface area (Å²) in [5.41, 5.74) is 0.460. The van der Waals surface area contributed by atoms with Crippen LogP contribution in [0.4, 0.5) is 5.69 Å². The molecule has 0 aliphatic carbocycles. The summed E-state index contributed by atoms with van der Waals surface area (Å²) in [4.78, 5) is 39.7. The number of esters is 1. The minimum absolute atomic E-state index is 0.000350. The van der Waals surface area contributed by atoms with Crippen LogP contribution in [0, 0.1) is 5.41 Å². The van der Waals surface area contributed by atoms with Crippen LogP contribution in [0.25, 0.3) is 0 Å². The lowest BCUT2D eigenvalue weighted by Crippen LogP contribution is -2.32. The van der Waals surface area contributed by atoms with Gasteiger partial charge in [0.2, 0.25) is 0 Å². The van der Waals surface area contributed by atoms with E-state index in [-0.39, 0.29) is 17.1 Å². The highest BCUT2D eigenvalue weighted by molar-refractivity contribution is 6.17. The van der Waals surface area contributed by atoms with E-state index in [9.17, 15) is 24.6 Å². The molecule has 7 heteroatoms. The maximum absolute atomic E-state index is 13.2. The average molecular weight is 437 g/mol. The number of benzene rings is 2. The molecular formula is C25H27NO6. The van der Waals surface area contributed by atoms with E-state index >= 15 is 0 Å². The molecule has 0 radical (unpaired) electrons. The lowest BCUT2D eigenvalue weighted by Gasteiger charge is -2.29. The van der Waals surface area contributed by atoms with Crippen LogP contribution in [0.15, 0.2) is 59.9 Å². The summed E-state index contributed by atoms with van der Waals surface area (Å²) in [5.74, 6) is -2.10. The van der Waals surface area contributed by atoms with Crippen molar-refractivity contribution in [3.05, 3.63) is 71.0 Å². The quantitative estimate of drug-likeness (QED) is 0.646. The summed E-state index contributed by atoms with van der Waals surface area (Å²) in [5, 5.41) is 20.4. The molecule has 0 aromatic heterocycles. The highest BCUT2D eigenvalue weighted by Gasteiger charge is 2.46. The number of rotatable bonds is 6. The van der Waals surface area contributed by atoms with Gasteiger partial charge in [0, 0.05) is 11.1 Å². The van der Waals surface area contributed by atoms with Gasteiger partial charge < -0.3 is 14.9 Å². The second-order valence-electron chi connectivity index (χ2n) is 8.69. The maximum atomic E-state index is 13.2. The smallest absolute Gasteiger partial charge is 0.338 e. The minimum atomic E-state index is -0.882. The Morgan fingerprint density at radius 2 is 1.59 bits per heavy atom. The van der Waals surface area contributed by atoms with E-state index in [0.29, 0.717) is 29.8 Å². The van der Waals surface area contributed by atoms with Gasteiger partial charge in [0.25, 0.3) is 5.91 Å². The van der Waals surface area contributed by atoms with E-state index in [1.54, 1.807) is 45.0 Å². The highest BCUT2D eigenvalue weighted by atomic mass is 16.5. The summed E-state index contributed by atoms with van der Waals surface area (Å²) in [6.45, 7) is 7.35. The molecule has 1 unspecified atom stereocenters.